The van der Waals surface area contributed by atoms with Crippen LogP contribution in [0.2, 0.25) is 0 Å². The van der Waals surface area contributed by atoms with E-state index in [4.69, 9.17) is 4.74 Å². The fourth-order valence-electron chi connectivity index (χ4n) is 8.23. The molecular formula is C50H59FN8O6S2. The lowest BCUT2D eigenvalue weighted by atomic mass is 9.90. The van der Waals surface area contributed by atoms with E-state index in [-0.39, 0.29) is 59.1 Å². The molecule has 67 heavy (non-hydrogen) atoms. The van der Waals surface area contributed by atoms with E-state index < -0.39 is 5.82 Å². The molecule has 3 aliphatic rings. The molecule has 2 atom stereocenters. The number of ether oxygens (including phenoxy) is 1. The molecule has 2 aliphatic carbocycles. The zero-order valence-electron chi connectivity index (χ0n) is 38.3. The van der Waals surface area contributed by atoms with Gasteiger partial charge in [0.2, 0.25) is 23.6 Å². The second-order valence-electron chi connectivity index (χ2n) is 17.6. The minimum atomic E-state index is -0.519. The normalized spacial score (nSPS) is 17.3. The molecule has 0 radical (unpaired) electrons. The summed E-state index contributed by atoms with van der Waals surface area (Å²) in [6.07, 6.45) is 8.53. The molecule has 1 aliphatic heterocycles. The van der Waals surface area contributed by atoms with E-state index in [1.165, 1.54) is 6.07 Å². The van der Waals surface area contributed by atoms with Gasteiger partial charge in [-0.1, -0.05) is 33.7 Å². The molecule has 0 spiro atoms. The number of hydrogen-bond acceptors (Lipinski definition) is 11. The third kappa shape index (κ3) is 14.0. The number of carbonyl (C=O) groups excluding carboxylic acids is 5. The molecule has 2 unspecified atom stereocenters. The quantitative estimate of drug-likeness (QED) is 0.0402. The number of anilines is 2. The number of aromatic nitrogens is 1. The number of rotatable bonds is 20. The molecule has 354 valence electrons. The Labute approximate surface area is 399 Å². The molecule has 1 saturated heterocycles. The van der Waals surface area contributed by atoms with Crippen molar-refractivity contribution in [1.82, 2.24) is 25.9 Å². The number of carbonyl (C=O) groups is 5. The molecule has 1 saturated carbocycles. The second kappa shape index (κ2) is 23.2. The third-order valence-electron chi connectivity index (χ3n) is 12.1. The summed E-state index contributed by atoms with van der Waals surface area (Å²) < 4.78 is 20.5. The summed E-state index contributed by atoms with van der Waals surface area (Å²) in [7, 11) is 4.82. The molecular weight excluding hydrogens is 892 g/mol. The lowest BCUT2D eigenvalue weighted by molar-refractivity contribution is -0.131. The first-order chi connectivity index (χ1) is 32.4. The van der Waals surface area contributed by atoms with Crippen molar-refractivity contribution in [3.8, 4) is 5.75 Å². The predicted molar refractivity (Wildman–Crippen MR) is 263 cm³/mol. The number of pyridine rings is 1. The summed E-state index contributed by atoms with van der Waals surface area (Å²) in [5, 5.41) is 12.7. The zero-order valence-corrected chi connectivity index (χ0v) is 39.9. The smallest absolute Gasteiger partial charge is 0.251 e. The van der Waals surface area contributed by atoms with Crippen LogP contribution in [0.5, 0.6) is 5.75 Å². The van der Waals surface area contributed by atoms with Gasteiger partial charge in [0.25, 0.3) is 5.91 Å². The van der Waals surface area contributed by atoms with Gasteiger partial charge in [-0.3, -0.25) is 29.0 Å². The van der Waals surface area contributed by atoms with Crippen molar-refractivity contribution in [3.05, 3.63) is 119 Å². The molecule has 17 heteroatoms. The first-order valence-electron chi connectivity index (χ1n) is 22.9. The Bertz CT molecular complexity index is 2430. The standard InChI is InChI=1S/C50H59FN8O6S2/c1-50(2,30-46(61)57-56-44-9-4-7-34-27-39(17-18-40(34)44)65-25-6-10-45(60)52-3)67-66-26-19-47(62)59-23-21-58(22-24-59)38-15-12-33(13-16-38)48(63)54-32-36-11-14-37(28-43(36)51)55-49(64)42-29-41(42)35-8-5-20-53-31-35/h5,8,11-18,20,27-28,31,41-42H,4,6-7,9-10,19,21-26,29-30,32H2,1-3H3,(H,52,60)(H,54,63)(H,55,64)(H,57,61)/b56-44+. The van der Waals surface area contributed by atoms with Gasteiger partial charge in [-0.25, -0.2) is 9.82 Å². The Kier molecular flexibility index (Phi) is 16.9. The van der Waals surface area contributed by atoms with E-state index in [1.807, 2.05) is 61.2 Å². The summed E-state index contributed by atoms with van der Waals surface area (Å²) in [6, 6.07) is 21.5. The number of amides is 5. The summed E-state index contributed by atoms with van der Waals surface area (Å²) in [4.78, 5) is 71.5. The van der Waals surface area contributed by atoms with Crippen LogP contribution in [0, 0.1) is 11.7 Å². The number of aryl methyl sites for hydroxylation is 1. The van der Waals surface area contributed by atoms with Gasteiger partial charge in [0.1, 0.15) is 11.6 Å². The number of benzene rings is 3. The topological polar surface area (TPSA) is 174 Å². The number of nitrogens with one attached hydrogen (secondary N) is 4. The van der Waals surface area contributed by atoms with Crippen LogP contribution in [0.4, 0.5) is 15.8 Å². The molecule has 5 amide bonds. The van der Waals surface area contributed by atoms with Gasteiger partial charge in [-0.15, -0.1) is 0 Å². The summed E-state index contributed by atoms with van der Waals surface area (Å²) in [6.45, 7) is 6.99. The van der Waals surface area contributed by atoms with Gasteiger partial charge in [0, 0.05) is 116 Å². The maximum Gasteiger partial charge on any atom is 0.251 e. The van der Waals surface area contributed by atoms with Gasteiger partial charge >= 0.3 is 0 Å². The summed E-state index contributed by atoms with van der Waals surface area (Å²) in [5.41, 5.74) is 8.86. The zero-order chi connectivity index (χ0) is 47.3. The van der Waals surface area contributed by atoms with Crippen LogP contribution in [-0.2, 0) is 32.1 Å². The summed E-state index contributed by atoms with van der Waals surface area (Å²) >= 11 is 0. The van der Waals surface area contributed by atoms with Crippen molar-refractivity contribution >= 4 is 68.2 Å². The highest BCUT2D eigenvalue weighted by Gasteiger charge is 2.44. The van der Waals surface area contributed by atoms with Gasteiger partial charge < -0.3 is 30.5 Å². The highest BCUT2D eigenvalue weighted by atomic mass is 33.1. The van der Waals surface area contributed by atoms with Crippen LogP contribution in [0.15, 0.2) is 90.3 Å². The van der Waals surface area contributed by atoms with E-state index >= 15 is 0 Å². The van der Waals surface area contributed by atoms with E-state index in [2.05, 4.69) is 36.4 Å². The second-order valence-corrected chi connectivity index (χ2v) is 20.7. The number of piperazine rings is 1. The number of nitrogens with zero attached hydrogens (tertiary/aromatic N) is 4. The molecule has 7 rings (SSSR count). The SMILES string of the molecule is CNC(=O)CCCOc1ccc2c(c1)CCC/C2=N\NC(=O)CC(C)(C)SSCCC(=O)N1CCN(c2ccc(C(=O)NCc3ccc(NC(=O)C4CC4c4cccnc4)cc3F)cc2)CC1. The maximum absolute atomic E-state index is 15.0. The first-order valence-corrected chi connectivity index (χ1v) is 25.2. The average molecular weight is 951 g/mol. The number of halogens is 1. The number of hydrogen-bond donors (Lipinski definition) is 4. The Morgan fingerprint density at radius 3 is 2.49 bits per heavy atom. The lowest BCUT2D eigenvalue weighted by Gasteiger charge is -2.36. The van der Waals surface area contributed by atoms with E-state index in [0.29, 0.717) is 74.6 Å². The van der Waals surface area contributed by atoms with Crippen molar-refractivity contribution in [2.45, 2.75) is 82.4 Å². The molecule has 2 fully saturated rings. The molecule has 4 aromatic rings. The third-order valence-corrected chi connectivity index (χ3v) is 15.3. The fraction of sp³-hybridized carbons (Fsp3) is 0.420. The molecule has 4 N–H and O–H groups in total. The largest absolute Gasteiger partial charge is 0.494 e. The Morgan fingerprint density at radius 2 is 1.75 bits per heavy atom. The molecule has 0 bridgehead atoms. The minimum absolute atomic E-state index is 0.00500. The van der Waals surface area contributed by atoms with Crippen LogP contribution in [0.3, 0.4) is 0 Å². The van der Waals surface area contributed by atoms with Gasteiger partial charge in [0.15, 0.2) is 0 Å². The Hall–Kier alpha value is -5.94. The van der Waals surface area contributed by atoms with Crippen molar-refractivity contribution in [3.63, 3.8) is 0 Å². The fourth-order valence-corrected chi connectivity index (χ4v) is 10.7. The van der Waals surface area contributed by atoms with Crippen molar-refractivity contribution < 1.29 is 33.1 Å². The monoisotopic (exact) mass is 950 g/mol. The Morgan fingerprint density at radius 1 is 0.940 bits per heavy atom. The Balaban J connectivity index is 0.766. The van der Waals surface area contributed by atoms with Crippen LogP contribution in [-0.4, -0.2) is 95.5 Å². The molecule has 14 nitrogen and oxygen atoms in total. The highest BCUT2D eigenvalue weighted by Crippen LogP contribution is 2.47. The van der Waals surface area contributed by atoms with Crippen LogP contribution >= 0.6 is 21.6 Å². The lowest BCUT2D eigenvalue weighted by Crippen LogP contribution is -2.48. The van der Waals surface area contributed by atoms with Gasteiger partial charge in [-0.05, 0) is 124 Å². The van der Waals surface area contributed by atoms with E-state index in [0.717, 1.165) is 59.5 Å². The highest BCUT2D eigenvalue weighted by molar-refractivity contribution is 8.77. The predicted octanol–water partition coefficient (Wildman–Crippen LogP) is 7.24. The number of fused-ring (bicyclic) bond motifs is 1. The van der Waals surface area contributed by atoms with E-state index in [1.54, 1.807) is 65.3 Å². The first kappa shape index (κ1) is 49.0. The summed E-state index contributed by atoms with van der Waals surface area (Å²) in [5.74, 6) is 0.274. The van der Waals surface area contributed by atoms with E-state index in [9.17, 15) is 28.4 Å². The van der Waals surface area contributed by atoms with Crippen molar-refractivity contribution in [2.24, 2.45) is 11.0 Å². The van der Waals surface area contributed by atoms with Crippen molar-refractivity contribution in [1.29, 1.82) is 0 Å². The molecule has 2 heterocycles. The molecule has 3 aromatic carbocycles. The minimum Gasteiger partial charge on any atom is -0.494 e. The number of hydrazone groups is 1. The van der Waals surface area contributed by atoms with Crippen LogP contribution < -0.4 is 31.0 Å². The van der Waals surface area contributed by atoms with Gasteiger partial charge in [0.05, 0.1) is 12.3 Å². The van der Waals surface area contributed by atoms with Gasteiger partial charge in [-0.2, -0.15) is 5.10 Å². The molecule has 1 aromatic heterocycles. The van der Waals surface area contributed by atoms with Crippen LogP contribution in [0.25, 0.3) is 0 Å². The van der Waals surface area contributed by atoms with Crippen LogP contribution in [0.1, 0.15) is 97.3 Å². The van der Waals surface area contributed by atoms with Crippen molar-refractivity contribution in [2.75, 3.05) is 55.8 Å². The average Bonchev–Trinajstić information content (AvgIpc) is 4.15. The maximum atomic E-state index is 15.0.